The van der Waals surface area contributed by atoms with Crippen LogP contribution < -0.4 is 10.2 Å². The number of amides is 1. The Kier molecular flexibility index (Phi) is 7.28. The average Bonchev–Trinajstić information content (AvgIpc) is 3.81. The van der Waals surface area contributed by atoms with E-state index in [2.05, 4.69) is 26.4 Å². The van der Waals surface area contributed by atoms with Gasteiger partial charge in [0, 0.05) is 74.2 Å². The molecule has 8 rings (SSSR count). The maximum atomic E-state index is 13.6. The van der Waals surface area contributed by atoms with E-state index in [9.17, 15) is 14.7 Å². The Morgan fingerprint density at radius 2 is 1.89 bits per heavy atom. The summed E-state index contributed by atoms with van der Waals surface area (Å²) in [7, 11) is 0. The molecule has 2 N–H and O–H groups in total. The number of halogens is 1. The Morgan fingerprint density at radius 3 is 2.74 bits per heavy atom. The predicted molar refractivity (Wildman–Crippen MR) is 177 cm³/mol. The zero-order chi connectivity index (χ0) is 31.4. The van der Waals surface area contributed by atoms with Crippen molar-refractivity contribution < 1.29 is 14.7 Å². The number of β-amino-alcohol motifs (C(OH)–C–C–N with tert-alkyl or cyclic N) is 1. The van der Waals surface area contributed by atoms with Gasteiger partial charge >= 0.3 is 0 Å². The number of benzene rings is 2. The van der Waals surface area contributed by atoms with Crippen molar-refractivity contribution in [2.24, 2.45) is 0 Å². The van der Waals surface area contributed by atoms with E-state index in [4.69, 9.17) is 16.6 Å². The maximum absolute atomic E-state index is 13.6. The molecule has 232 valence electrons. The molecule has 1 atom stereocenters. The summed E-state index contributed by atoms with van der Waals surface area (Å²) in [4.78, 5) is 39.3. The van der Waals surface area contributed by atoms with Gasteiger partial charge in [-0.15, -0.1) is 0 Å². The Hall–Kier alpha value is -4.64. The monoisotopic (exact) mass is 633 g/mol. The molecule has 0 bridgehead atoms. The number of nitrogens with one attached hydrogen (secondary N) is 1. The highest BCUT2D eigenvalue weighted by molar-refractivity contribution is 6.36. The van der Waals surface area contributed by atoms with Crippen molar-refractivity contribution >= 4 is 51.4 Å². The zero-order valence-corrected chi connectivity index (χ0v) is 25.9. The van der Waals surface area contributed by atoms with E-state index in [1.165, 1.54) is 0 Å². The number of aromatic nitrogens is 4. The molecule has 10 nitrogen and oxygen atoms in total. The third kappa shape index (κ3) is 5.12. The fraction of sp³-hybridized carbons (Fsp3) is 0.286. The summed E-state index contributed by atoms with van der Waals surface area (Å²) < 4.78 is 1.66. The molecule has 2 aromatic carbocycles. The van der Waals surface area contributed by atoms with E-state index in [1.807, 2.05) is 48.7 Å². The van der Waals surface area contributed by atoms with Gasteiger partial charge in [-0.05, 0) is 60.2 Å². The highest BCUT2D eigenvalue weighted by Crippen LogP contribution is 2.42. The van der Waals surface area contributed by atoms with Crippen molar-refractivity contribution in [1.82, 2.24) is 24.6 Å². The second kappa shape index (κ2) is 11.6. The number of ketones is 1. The van der Waals surface area contributed by atoms with Gasteiger partial charge < -0.3 is 15.3 Å². The molecule has 11 heteroatoms. The number of aliphatic hydroxyl groups excluding tert-OH is 1. The number of fused-ring (bicyclic) bond motifs is 3. The van der Waals surface area contributed by atoms with Crippen molar-refractivity contribution in [3.63, 3.8) is 0 Å². The smallest absolute Gasteiger partial charge is 0.278 e. The van der Waals surface area contributed by atoms with Gasteiger partial charge in [0.25, 0.3) is 5.91 Å². The quantitative estimate of drug-likeness (QED) is 0.247. The molecule has 0 spiro atoms. The molecule has 0 unspecified atom stereocenters. The minimum Gasteiger partial charge on any atom is -0.392 e. The topological polar surface area (TPSA) is 116 Å². The van der Waals surface area contributed by atoms with Crippen LogP contribution in [0.5, 0.6) is 0 Å². The normalized spacial score (nSPS) is 17.8. The molecule has 0 radical (unpaired) electrons. The van der Waals surface area contributed by atoms with Gasteiger partial charge in [-0.1, -0.05) is 35.9 Å². The number of aliphatic hydroxyl groups is 1. The Balaban J connectivity index is 1.07. The van der Waals surface area contributed by atoms with Gasteiger partial charge in [0.1, 0.15) is 11.2 Å². The summed E-state index contributed by atoms with van der Waals surface area (Å²) in [5.41, 5.74) is 7.02. The molecule has 0 saturated carbocycles. The largest absolute Gasteiger partial charge is 0.392 e. The van der Waals surface area contributed by atoms with Crippen LogP contribution in [0.2, 0.25) is 5.02 Å². The van der Waals surface area contributed by atoms with Gasteiger partial charge in [0.05, 0.1) is 16.8 Å². The first-order valence-electron chi connectivity index (χ1n) is 15.7. The maximum Gasteiger partial charge on any atom is 0.278 e. The molecule has 1 fully saturated rings. The molecular formula is C35H32ClN7O3. The van der Waals surface area contributed by atoms with Crippen LogP contribution in [0.4, 0.5) is 17.2 Å². The second-order valence-electron chi connectivity index (χ2n) is 12.2. The fourth-order valence-corrected chi connectivity index (χ4v) is 7.21. The van der Waals surface area contributed by atoms with Gasteiger partial charge in [-0.2, -0.15) is 5.10 Å². The Morgan fingerprint density at radius 1 is 1.02 bits per heavy atom. The van der Waals surface area contributed by atoms with Crippen LogP contribution in [-0.4, -0.2) is 67.2 Å². The molecule has 0 aliphatic carbocycles. The van der Waals surface area contributed by atoms with Crippen molar-refractivity contribution in [3.8, 4) is 11.1 Å². The van der Waals surface area contributed by atoms with Crippen molar-refractivity contribution in [2.45, 2.75) is 44.9 Å². The number of anilines is 3. The van der Waals surface area contributed by atoms with E-state index >= 15 is 0 Å². The second-order valence-corrected chi connectivity index (χ2v) is 12.6. The van der Waals surface area contributed by atoms with Crippen LogP contribution >= 0.6 is 11.6 Å². The third-order valence-electron chi connectivity index (χ3n) is 9.18. The van der Waals surface area contributed by atoms with E-state index in [-0.39, 0.29) is 17.8 Å². The number of aryl methyl sites for hydroxylation is 1. The lowest BCUT2D eigenvalue weighted by Crippen LogP contribution is -2.29. The van der Waals surface area contributed by atoms with Crippen LogP contribution in [0.1, 0.15) is 51.4 Å². The van der Waals surface area contributed by atoms with Crippen molar-refractivity contribution in [1.29, 1.82) is 0 Å². The van der Waals surface area contributed by atoms with Crippen molar-refractivity contribution in [2.75, 3.05) is 29.9 Å². The van der Waals surface area contributed by atoms with Crippen LogP contribution in [0, 0.1) is 0 Å². The summed E-state index contributed by atoms with van der Waals surface area (Å²) in [6, 6.07) is 17.5. The van der Waals surface area contributed by atoms with E-state index in [0.29, 0.717) is 60.4 Å². The molecule has 1 saturated heterocycles. The predicted octanol–water partition coefficient (Wildman–Crippen LogP) is 5.64. The summed E-state index contributed by atoms with van der Waals surface area (Å²) >= 11 is 7.08. The number of likely N-dealkylation sites (tertiary alicyclic amines) is 1. The average molecular weight is 634 g/mol. The van der Waals surface area contributed by atoms with E-state index in [0.717, 1.165) is 64.8 Å². The molecule has 1 amide bonds. The molecule has 3 aromatic heterocycles. The minimum absolute atomic E-state index is 0.0308. The molecule has 46 heavy (non-hydrogen) atoms. The first-order valence-corrected chi connectivity index (χ1v) is 16.1. The SMILES string of the molecule is O=C1CCCn2nc(C(=O)N3CCc4c(-c5cccc(Nc6nccc7cc(CN8CC[C@@H](O)C8)cnc67)c5Cl)cccc43)cc21. The van der Waals surface area contributed by atoms with Gasteiger partial charge in [0.2, 0.25) is 0 Å². The first kappa shape index (κ1) is 28.8. The van der Waals surface area contributed by atoms with Crippen LogP contribution in [0.15, 0.2) is 67.0 Å². The molecule has 3 aliphatic heterocycles. The summed E-state index contributed by atoms with van der Waals surface area (Å²) in [5, 5.41) is 19.3. The number of carbonyl (C=O) groups excluding carboxylic acids is 2. The Bertz CT molecular complexity index is 2030. The number of pyridine rings is 2. The number of Topliss-reactive ketones (excluding diaryl/α,β-unsaturated/α-hetero) is 1. The van der Waals surface area contributed by atoms with Gasteiger partial charge in [-0.3, -0.25) is 24.2 Å². The lowest BCUT2D eigenvalue weighted by molar-refractivity contribution is 0.0948. The number of nitrogens with zero attached hydrogens (tertiary/aromatic N) is 6. The highest BCUT2D eigenvalue weighted by Gasteiger charge is 2.31. The minimum atomic E-state index is -0.257. The number of hydrogen-bond donors (Lipinski definition) is 2. The standard InChI is InChI=1S/C35H32ClN7O3/c36-32-26(24-4-2-7-29-25(24)11-15-42(29)35(46)28-17-30-31(45)8-3-13-43(30)40-28)5-1-6-27(32)39-34-33-22(9-12-37-34)16-21(18-38-33)19-41-14-10-23(44)20-41/h1-2,4-7,9,12,16-18,23,44H,3,8,10-11,13-15,19-20H2,(H,37,39)/t23-/m1/s1. The highest BCUT2D eigenvalue weighted by atomic mass is 35.5. The first-order chi connectivity index (χ1) is 22.4. The number of carbonyl (C=O) groups is 2. The molecular weight excluding hydrogens is 602 g/mol. The van der Waals surface area contributed by atoms with Gasteiger partial charge in [0.15, 0.2) is 17.3 Å². The number of rotatable bonds is 6. The molecule has 3 aliphatic rings. The summed E-state index contributed by atoms with van der Waals surface area (Å²) in [6.07, 6.45) is 6.08. The van der Waals surface area contributed by atoms with Crippen LogP contribution in [0.25, 0.3) is 22.0 Å². The van der Waals surface area contributed by atoms with Gasteiger partial charge in [-0.25, -0.2) is 4.98 Å². The van der Waals surface area contributed by atoms with Crippen LogP contribution in [0.3, 0.4) is 0 Å². The summed E-state index contributed by atoms with van der Waals surface area (Å²) in [5.74, 6) is 0.433. The Labute approximate surface area is 270 Å². The molecule has 5 aromatic rings. The lowest BCUT2D eigenvalue weighted by atomic mass is 9.97. The lowest BCUT2D eigenvalue weighted by Gasteiger charge is -2.18. The summed E-state index contributed by atoms with van der Waals surface area (Å²) in [6.45, 7) is 3.47. The van der Waals surface area contributed by atoms with Crippen LogP contribution in [-0.2, 0) is 19.5 Å². The molecule has 6 heterocycles. The number of hydrogen-bond acceptors (Lipinski definition) is 8. The van der Waals surface area contributed by atoms with E-state index < -0.39 is 0 Å². The fourth-order valence-electron chi connectivity index (χ4n) is 6.93. The third-order valence-corrected chi connectivity index (χ3v) is 9.59. The van der Waals surface area contributed by atoms with Crippen molar-refractivity contribution in [3.05, 3.63) is 94.5 Å². The van der Waals surface area contributed by atoms with E-state index in [1.54, 1.807) is 21.8 Å². The zero-order valence-electron chi connectivity index (χ0n) is 25.1.